The number of hydrazine groups is 1. The SMILES string of the molecule is CCn1ccnc1CC(Cc1ccccc1Cl)NN. The summed E-state index contributed by atoms with van der Waals surface area (Å²) in [5.41, 5.74) is 3.95. The Kier molecular flexibility index (Phi) is 4.96. The highest BCUT2D eigenvalue weighted by atomic mass is 35.5. The lowest BCUT2D eigenvalue weighted by Crippen LogP contribution is -2.39. The summed E-state index contributed by atoms with van der Waals surface area (Å²) >= 11 is 6.18. The van der Waals surface area contributed by atoms with Crippen molar-refractivity contribution in [3.63, 3.8) is 0 Å². The minimum atomic E-state index is 0.118. The molecular weight excluding hydrogens is 260 g/mol. The van der Waals surface area contributed by atoms with Crippen LogP contribution in [0.3, 0.4) is 0 Å². The Hall–Kier alpha value is -1.36. The molecule has 0 aliphatic carbocycles. The minimum absolute atomic E-state index is 0.118. The van der Waals surface area contributed by atoms with E-state index >= 15 is 0 Å². The van der Waals surface area contributed by atoms with Crippen LogP contribution in [0.5, 0.6) is 0 Å². The molecule has 19 heavy (non-hydrogen) atoms. The Morgan fingerprint density at radius 2 is 2.16 bits per heavy atom. The first-order valence-corrected chi connectivity index (χ1v) is 6.82. The molecule has 1 unspecified atom stereocenters. The van der Waals surface area contributed by atoms with Gasteiger partial charge in [0, 0.05) is 36.4 Å². The van der Waals surface area contributed by atoms with Gasteiger partial charge in [-0.1, -0.05) is 29.8 Å². The molecule has 102 valence electrons. The Morgan fingerprint density at radius 1 is 1.37 bits per heavy atom. The molecule has 0 spiro atoms. The average molecular weight is 279 g/mol. The van der Waals surface area contributed by atoms with E-state index in [4.69, 9.17) is 17.4 Å². The van der Waals surface area contributed by atoms with Crippen LogP contribution < -0.4 is 11.3 Å². The van der Waals surface area contributed by atoms with Gasteiger partial charge in [0.05, 0.1) is 0 Å². The average Bonchev–Trinajstić information content (AvgIpc) is 2.87. The van der Waals surface area contributed by atoms with Gasteiger partial charge in [0.25, 0.3) is 0 Å². The van der Waals surface area contributed by atoms with Crippen molar-refractivity contribution in [2.24, 2.45) is 5.84 Å². The second-order valence-electron chi connectivity index (χ2n) is 4.49. The van der Waals surface area contributed by atoms with Gasteiger partial charge < -0.3 is 4.57 Å². The summed E-state index contributed by atoms with van der Waals surface area (Å²) in [5.74, 6) is 6.69. The van der Waals surface area contributed by atoms with Crippen LogP contribution in [0.15, 0.2) is 36.7 Å². The molecule has 0 bridgehead atoms. The highest BCUT2D eigenvalue weighted by molar-refractivity contribution is 6.31. The van der Waals surface area contributed by atoms with Crippen LogP contribution >= 0.6 is 11.6 Å². The molecule has 1 atom stereocenters. The summed E-state index contributed by atoms with van der Waals surface area (Å²) in [7, 11) is 0. The van der Waals surface area contributed by atoms with E-state index in [0.717, 1.165) is 35.8 Å². The lowest BCUT2D eigenvalue weighted by atomic mass is 10.0. The van der Waals surface area contributed by atoms with E-state index in [1.165, 1.54) is 0 Å². The molecule has 1 aromatic heterocycles. The Bertz CT molecular complexity index is 524. The predicted octanol–water partition coefficient (Wildman–Crippen LogP) is 2.17. The number of nitrogens with one attached hydrogen (secondary N) is 1. The van der Waals surface area contributed by atoms with Crippen molar-refractivity contribution in [1.82, 2.24) is 15.0 Å². The standard InChI is InChI=1S/C14H19ClN4/c1-2-19-8-7-17-14(19)10-12(18-16)9-11-5-3-4-6-13(11)15/h3-8,12,18H,2,9-10,16H2,1H3. The molecule has 0 radical (unpaired) electrons. The number of hydrogen-bond donors (Lipinski definition) is 2. The minimum Gasteiger partial charge on any atom is -0.335 e. The molecule has 4 nitrogen and oxygen atoms in total. The summed E-state index contributed by atoms with van der Waals surface area (Å²) in [6.45, 7) is 3.02. The van der Waals surface area contributed by atoms with Gasteiger partial charge >= 0.3 is 0 Å². The zero-order valence-corrected chi connectivity index (χ0v) is 11.8. The second-order valence-corrected chi connectivity index (χ2v) is 4.90. The van der Waals surface area contributed by atoms with Gasteiger partial charge in [-0.25, -0.2) is 4.98 Å². The molecule has 0 aliphatic rings. The summed E-state index contributed by atoms with van der Waals surface area (Å²) < 4.78 is 2.12. The van der Waals surface area contributed by atoms with E-state index in [1.807, 2.05) is 36.7 Å². The molecule has 0 saturated heterocycles. The van der Waals surface area contributed by atoms with Crippen molar-refractivity contribution < 1.29 is 0 Å². The lowest BCUT2D eigenvalue weighted by molar-refractivity contribution is 0.499. The third kappa shape index (κ3) is 3.56. The van der Waals surface area contributed by atoms with Crippen molar-refractivity contribution >= 4 is 11.6 Å². The smallest absolute Gasteiger partial charge is 0.110 e. The van der Waals surface area contributed by atoms with E-state index in [1.54, 1.807) is 0 Å². The van der Waals surface area contributed by atoms with Crippen molar-refractivity contribution in [3.8, 4) is 0 Å². The number of halogens is 1. The highest BCUT2D eigenvalue weighted by Gasteiger charge is 2.13. The van der Waals surface area contributed by atoms with Gasteiger partial charge in [-0.2, -0.15) is 0 Å². The molecule has 0 fully saturated rings. The normalized spacial score (nSPS) is 12.6. The molecule has 1 aromatic carbocycles. The Balaban J connectivity index is 2.07. The summed E-state index contributed by atoms with van der Waals surface area (Å²) in [6, 6.07) is 7.96. The molecular formula is C14H19ClN4. The first-order chi connectivity index (χ1) is 9.24. The zero-order valence-electron chi connectivity index (χ0n) is 11.0. The maximum Gasteiger partial charge on any atom is 0.110 e. The molecule has 0 amide bonds. The molecule has 1 heterocycles. The quantitative estimate of drug-likeness (QED) is 0.629. The van der Waals surface area contributed by atoms with E-state index in [9.17, 15) is 0 Å². The van der Waals surface area contributed by atoms with Crippen LogP contribution in [0.2, 0.25) is 5.02 Å². The van der Waals surface area contributed by atoms with Gasteiger partial charge in [-0.3, -0.25) is 11.3 Å². The van der Waals surface area contributed by atoms with Gasteiger partial charge in [-0.15, -0.1) is 0 Å². The molecule has 0 saturated carbocycles. The van der Waals surface area contributed by atoms with Gasteiger partial charge in [0.15, 0.2) is 0 Å². The maximum absolute atomic E-state index is 6.18. The third-order valence-electron chi connectivity index (χ3n) is 3.23. The summed E-state index contributed by atoms with van der Waals surface area (Å²) in [4.78, 5) is 4.37. The second kappa shape index (κ2) is 6.70. The zero-order chi connectivity index (χ0) is 13.7. The number of aryl methyl sites for hydroxylation is 1. The van der Waals surface area contributed by atoms with E-state index in [0.29, 0.717) is 0 Å². The first kappa shape index (κ1) is 14.1. The molecule has 2 aromatic rings. The van der Waals surface area contributed by atoms with Crippen LogP contribution in [0.25, 0.3) is 0 Å². The Labute approximate surface area is 118 Å². The number of nitrogens with zero attached hydrogens (tertiary/aromatic N) is 2. The maximum atomic E-state index is 6.18. The van der Waals surface area contributed by atoms with Crippen LogP contribution in [-0.4, -0.2) is 15.6 Å². The molecule has 0 aliphatic heterocycles. The number of nitrogens with two attached hydrogens (primary N) is 1. The number of benzene rings is 1. The lowest BCUT2D eigenvalue weighted by Gasteiger charge is -2.17. The number of hydrogen-bond acceptors (Lipinski definition) is 3. The largest absolute Gasteiger partial charge is 0.335 e. The first-order valence-electron chi connectivity index (χ1n) is 6.44. The van der Waals surface area contributed by atoms with E-state index < -0.39 is 0 Å². The fourth-order valence-corrected chi connectivity index (χ4v) is 2.37. The van der Waals surface area contributed by atoms with E-state index in [-0.39, 0.29) is 6.04 Å². The van der Waals surface area contributed by atoms with E-state index in [2.05, 4.69) is 21.9 Å². The predicted molar refractivity (Wildman–Crippen MR) is 77.9 cm³/mol. The van der Waals surface area contributed by atoms with Crippen molar-refractivity contribution in [1.29, 1.82) is 0 Å². The van der Waals surface area contributed by atoms with Gasteiger partial charge in [0.1, 0.15) is 5.82 Å². The topological polar surface area (TPSA) is 55.9 Å². The fraction of sp³-hybridized carbons (Fsp3) is 0.357. The number of aromatic nitrogens is 2. The van der Waals surface area contributed by atoms with Gasteiger partial charge in [0.2, 0.25) is 0 Å². The Morgan fingerprint density at radius 3 is 2.84 bits per heavy atom. The highest BCUT2D eigenvalue weighted by Crippen LogP contribution is 2.17. The van der Waals surface area contributed by atoms with Crippen LogP contribution in [0.4, 0.5) is 0 Å². The van der Waals surface area contributed by atoms with Crippen molar-refractivity contribution in [3.05, 3.63) is 53.1 Å². The monoisotopic (exact) mass is 278 g/mol. The summed E-state index contributed by atoms with van der Waals surface area (Å²) in [6.07, 6.45) is 5.37. The van der Waals surface area contributed by atoms with Crippen molar-refractivity contribution in [2.75, 3.05) is 0 Å². The molecule has 2 rings (SSSR count). The number of rotatable bonds is 6. The third-order valence-corrected chi connectivity index (χ3v) is 3.60. The number of imidazole rings is 1. The molecule has 3 N–H and O–H groups in total. The molecule has 5 heteroatoms. The van der Waals surface area contributed by atoms with Crippen LogP contribution in [-0.2, 0) is 19.4 Å². The van der Waals surface area contributed by atoms with Crippen LogP contribution in [0.1, 0.15) is 18.3 Å². The van der Waals surface area contributed by atoms with Gasteiger partial charge in [-0.05, 0) is 25.0 Å². The summed E-state index contributed by atoms with van der Waals surface area (Å²) in [5, 5.41) is 0.779. The van der Waals surface area contributed by atoms with Crippen molar-refractivity contribution in [2.45, 2.75) is 32.4 Å². The fourth-order valence-electron chi connectivity index (χ4n) is 2.16. The van der Waals surface area contributed by atoms with Crippen LogP contribution in [0, 0.1) is 0 Å².